The molecule has 1 atom stereocenters. The van der Waals surface area contributed by atoms with E-state index in [1.54, 1.807) is 6.07 Å². The van der Waals surface area contributed by atoms with Crippen LogP contribution in [0.25, 0.3) is 0 Å². The maximum Gasteiger partial charge on any atom is 0.261 e. The molecule has 0 spiro atoms. The summed E-state index contributed by atoms with van der Waals surface area (Å²) in [5, 5.41) is 12.5. The molecule has 0 radical (unpaired) electrons. The lowest BCUT2D eigenvalue weighted by molar-refractivity contribution is 0.0847. The predicted molar refractivity (Wildman–Crippen MR) is 79.3 cm³/mol. The maximum absolute atomic E-state index is 11.8. The number of nitrogens with one attached hydrogen (secondary N) is 1. The third-order valence-electron chi connectivity index (χ3n) is 2.65. The molecule has 2 rings (SSSR count). The van der Waals surface area contributed by atoms with Crippen LogP contribution in [-0.4, -0.2) is 30.3 Å². The molecule has 0 saturated heterocycles. The van der Waals surface area contributed by atoms with Crippen molar-refractivity contribution < 1.29 is 14.6 Å². The Bertz CT molecular complexity index is 553. The van der Waals surface area contributed by atoms with Gasteiger partial charge in [-0.05, 0) is 31.2 Å². The Kier molecular flexibility index (Phi) is 5.15. The van der Waals surface area contributed by atoms with Gasteiger partial charge in [0.2, 0.25) is 0 Å². The quantitative estimate of drug-likeness (QED) is 0.858. The van der Waals surface area contributed by atoms with Crippen LogP contribution in [0, 0.1) is 6.92 Å². The standard InChI is InChI=1S/C15H17NO3S/c1-11-7-8-14(20-11)15(18)16-9-12(17)10-19-13-5-3-2-4-6-13/h2-8,12,17H,9-10H2,1H3,(H,16,18)/t12-/m1/s1. The molecule has 106 valence electrons. The predicted octanol–water partition coefficient (Wildman–Crippen LogP) is 2.23. The zero-order valence-corrected chi connectivity index (χ0v) is 12.0. The zero-order chi connectivity index (χ0) is 14.4. The Labute approximate surface area is 122 Å². The summed E-state index contributed by atoms with van der Waals surface area (Å²) in [5.74, 6) is 0.536. The fourth-order valence-corrected chi connectivity index (χ4v) is 2.41. The number of hydrogen-bond acceptors (Lipinski definition) is 4. The third-order valence-corrected chi connectivity index (χ3v) is 3.65. The van der Waals surface area contributed by atoms with Crippen LogP contribution in [-0.2, 0) is 0 Å². The van der Waals surface area contributed by atoms with Crippen LogP contribution in [0.5, 0.6) is 5.75 Å². The molecule has 5 heteroatoms. The van der Waals surface area contributed by atoms with E-state index in [2.05, 4.69) is 5.32 Å². The highest BCUT2D eigenvalue weighted by molar-refractivity contribution is 7.13. The number of para-hydroxylation sites is 1. The Hall–Kier alpha value is -1.85. The molecule has 1 amide bonds. The van der Waals surface area contributed by atoms with Crippen molar-refractivity contribution in [3.05, 3.63) is 52.2 Å². The van der Waals surface area contributed by atoms with Gasteiger partial charge in [0.25, 0.3) is 5.91 Å². The van der Waals surface area contributed by atoms with Crippen molar-refractivity contribution in [3.8, 4) is 5.75 Å². The number of thiophene rings is 1. The van der Waals surface area contributed by atoms with Gasteiger partial charge in [-0.25, -0.2) is 0 Å². The average molecular weight is 291 g/mol. The number of hydrogen-bond donors (Lipinski definition) is 2. The molecule has 1 aromatic heterocycles. The molecule has 0 fully saturated rings. The van der Waals surface area contributed by atoms with E-state index in [0.29, 0.717) is 10.6 Å². The van der Waals surface area contributed by atoms with Gasteiger partial charge in [-0.3, -0.25) is 4.79 Å². The number of carbonyl (C=O) groups excluding carboxylic acids is 1. The number of aliphatic hydroxyl groups is 1. The lowest BCUT2D eigenvalue weighted by atomic mass is 10.3. The SMILES string of the molecule is Cc1ccc(C(=O)NC[C@@H](O)COc2ccccc2)s1. The van der Waals surface area contributed by atoms with E-state index in [4.69, 9.17) is 4.74 Å². The molecular formula is C15H17NO3S. The van der Waals surface area contributed by atoms with E-state index in [0.717, 1.165) is 4.88 Å². The maximum atomic E-state index is 11.8. The topological polar surface area (TPSA) is 58.6 Å². The van der Waals surface area contributed by atoms with E-state index < -0.39 is 6.10 Å². The number of aryl methyl sites for hydroxylation is 1. The van der Waals surface area contributed by atoms with Crippen LogP contribution < -0.4 is 10.1 Å². The molecule has 4 nitrogen and oxygen atoms in total. The highest BCUT2D eigenvalue weighted by Crippen LogP contribution is 2.14. The first-order valence-corrected chi connectivity index (χ1v) is 7.17. The van der Waals surface area contributed by atoms with Crippen molar-refractivity contribution in [3.63, 3.8) is 0 Å². The number of amides is 1. The van der Waals surface area contributed by atoms with Crippen LogP contribution >= 0.6 is 11.3 Å². The fraction of sp³-hybridized carbons (Fsp3) is 0.267. The minimum atomic E-state index is -0.736. The summed E-state index contributed by atoms with van der Waals surface area (Å²) in [6.07, 6.45) is -0.736. The summed E-state index contributed by atoms with van der Waals surface area (Å²) in [5.41, 5.74) is 0. The summed E-state index contributed by atoms with van der Waals surface area (Å²) >= 11 is 1.43. The number of rotatable bonds is 6. The van der Waals surface area contributed by atoms with Gasteiger partial charge in [-0.2, -0.15) is 0 Å². The summed E-state index contributed by atoms with van der Waals surface area (Å²) in [6.45, 7) is 2.26. The van der Waals surface area contributed by atoms with Gasteiger partial charge >= 0.3 is 0 Å². The van der Waals surface area contributed by atoms with Crippen LogP contribution in [0.3, 0.4) is 0 Å². The number of aliphatic hydroxyl groups excluding tert-OH is 1. The van der Waals surface area contributed by atoms with Crippen molar-refractivity contribution in [2.45, 2.75) is 13.0 Å². The first kappa shape index (κ1) is 14.6. The van der Waals surface area contributed by atoms with Gasteiger partial charge in [0.05, 0.1) is 4.88 Å². The van der Waals surface area contributed by atoms with Crippen molar-refractivity contribution in [2.75, 3.05) is 13.2 Å². The van der Waals surface area contributed by atoms with Gasteiger partial charge in [0, 0.05) is 11.4 Å². The average Bonchev–Trinajstić information content (AvgIpc) is 2.90. The minimum absolute atomic E-state index is 0.147. The first-order chi connectivity index (χ1) is 9.65. The zero-order valence-electron chi connectivity index (χ0n) is 11.2. The largest absolute Gasteiger partial charge is 0.491 e. The van der Waals surface area contributed by atoms with Gasteiger partial charge in [-0.15, -0.1) is 11.3 Å². The third kappa shape index (κ3) is 4.36. The number of ether oxygens (including phenoxy) is 1. The first-order valence-electron chi connectivity index (χ1n) is 6.35. The molecule has 0 aliphatic rings. The molecule has 0 bridgehead atoms. The monoisotopic (exact) mass is 291 g/mol. The van der Waals surface area contributed by atoms with Gasteiger partial charge in [0.1, 0.15) is 18.5 Å². The Morgan fingerprint density at radius 3 is 2.70 bits per heavy atom. The summed E-state index contributed by atoms with van der Waals surface area (Å²) < 4.78 is 5.41. The summed E-state index contributed by atoms with van der Waals surface area (Å²) in [4.78, 5) is 13.5. The molecular weight excluding hydrogens is 274 g/mol. The van der Waals surface area contributed by atoms with Crippen LogP contribution in [0.1, 0.15) is 14.5 Å². The molecule has 2 N–H and O–H groups in total. The minimum Gasteiger partial charge on any atom is -0.491 e. The molecule has 1 heterocycles. The highest BCUT2D eigenvalue weighted by atomic mass is 32.1. The van der Waals surface area contributed by atoms with E-state index in [1.165, 1.54) is 11.3 Å². The smallest absolute Gasteiger partial charge is 0.261 e. The van der Waals surface area contributed by atoms with E-state index in [9.17, 15) is 9.90 Å². The normalized spacial score (nSPS) is 11.9. The fourth-order valence-electron chi connectivity index (χ4n) is 1.62. The summed E-state index contributed by atoms with van der Waals surface area (Å²) in [7, 11) is 0. The summed E-state index contributed by atoms with van der Waals surface area (Å²) in [6, 6.07) is 12.9. The lowest BCUT2D eigenvalue weighted by Crippen LogP contribution is -2.34. The van der Waals surface area contributed by atoms with Gasteiger partial charge < -0.3 is 15.2 Å². The molecule has 0 aliphatic carbocycles. The van der Waals surface area contributed by atoms with Crippen LogP contribution in [0.2, 0.25) is 0 Å². The Morgan fingerprint density at radius 1 is 1.30 bits per heavy atom. The molecule has 0 aliphatic heterocycles. The van der Waals surface area contributed by atoms with Gasteiger partial charge in [0.15, 0.2) is 0 Å². The van der Waals surface area contributed by atoms with E-state index >= 15 is 0 Å². The highest BCUT2D eigenvalue weighted by Gasteiger charge is 2.11. The van der Waals surface area contributed by atoms with Crippen molar-refractivity contribution >= 4 is 17.2 Å². The van der Waals surface area contributed by atoms with E-state index in [1.807, 2.05) is 43.3 Å². The Morgan fingerprint density at radius 2 is 2.05 bits per heavy atom. The molecule has 0 unspecified atom stereocenters. The number of benzene rings is 1. The second kappa shape index (κ2) is 7.07. The van der Waals surface area contributed by atoms with Crippen LogP contribution in [0.4, 0.5) is 0 Å². The van der Waals surface area contributed by atoms with Crippen LogP contribution in [0.15, 0.2) is 42.5 Å². The molecule has 20 heavy (non-hydrogen) atoms. The van der Waals surface area contributed by atoms with E-state index in [-0.39, 0.29) is 19.1 Å². The Balaban J connectivity index is 1.72. The molecule has 1 aromatic carbocycles. The van der Waals surface area contributed by atoms with Crippen molar-refractivity contribution in [1.82, 2.24) is 5.32 Å². The molecule has 0 saturated carbocycles. The second-order valence-electron chi connectivity index (χ2n) is 4.40. The second-order valence-corrected chi connectivity index (χ2v) is 5.69. The molecule has 2 aromatic rings. The lowest BCUT2D eigenvalue weighted by Gasteiger charge is -2.12. The number of carbonyl (C=O) groups is 1. The van der Waals surface area contributed by atoms with Gasteiger partial charge in [-0.1, -0.05) is 18.2 Å². The van der Waals surface area contributed by atoms with Crippen molar-refractivity contribution in [2.24, 2.45) is 0 Å². The van der Waals surface area contributed by atoms with Crippen molar-refractivity contribution in [1.29, 1.82) is 0 Å².